The minimum atomic E-state index is 0.845. The lowest BCUT2D eigenvalue weighted by Gasteiger charge is -1.98. The van der Waals surface area contributed by atoms with Crippen LogP contribution in [0.4, 0.5) is 0 Å². The van der Waals surface area contributed by atoms with E-state index < -0.39 is 0 Å². The molecular formula is C8H8BrN3. The van der Waals surface area contributed by atoms with Crippen molar-refractivity contribution in [2.45, 2.75) is 13.8 Å². The average molecular weight is 226 g/mol. The molecular weight excluding hydrogens is 218 g/mol. The van der Waals surface area contributed by atoms with E-state index in [0.717, 1.165) is 21.8 Å². The molecule has 0 unspecified atom stereocenters. The van der Waals surface area contributed by atoms with Gasteiger partial charge in [0.1, 0.15) is 16.1 Å². The number of nitrogens with zero attached hydrogens (tertiary/aromatic N) is 3. The van der Waals surface area contributed by atoms with Crippen LogP contribution in [-0.2, 0) is 0 Å². The minimum absolute atomic E-state index is 0.845. The molecule has 2 aromatic rings. The molecule has 0 radical (unpaired) electrons. The number of halogens is 1. The number of hydrogen-bond donors (Lipinski definition) is 0. The van der Waals surface area contributed by atoms with E-state index in [1.807, 2.05) is 30.5 Å². The maximum atomic E-state index is 4.32. The summed E-state index contributed by atoms with van der Waals surface area (Å²) in [6, 6.07) is 1.96. The minimum Gasteiger partial charge on any atom is -0.287 e. The molecule has 2 rings (SSSR count). The second kappa shape index (κ2) is 2.55. The maximum absolute atomic E-state index is 4.32. The molecule has 0 atom stereocenters. The van der Waals surface area contributed by atoms with Crippen LogP contribution in [0.25, 0.3) is 5.65 Å². The summed E-state index contributed by atoms with van der Waals surface area (Å²) >= 11 is 3.32. The number of aromatic nitrogens is 3. The molecule has 0 fully saturated rings. The molecule has 0 aliphatic rings. The number of rotatable bonds is 0. The zero-order valence-electron chi connectivity index (χ0n) is 6.87. The van der Waals surface area contributed by atoms with Gasteiger partial charge in [-0.2, -0.15) is 0 Å². The average Bonchev–Trinajstić information content (AvgIpc) is 2.29. The van der Waals surface area contributed by atoms with Crippen LogP contribution in [0.1, 0.15) is 11.5 Å². The quantitative estimate of drug-likeness (QED) is 0.688. The third kappa shape index (κ3) is 1.12. The summed E-state index contributed by atoms with van der Waals surface area (Å²) in [6.07, 6.45) is 1.91. The number of imidazole rings is 1. The molecule has 4 heteroatoms. The van der Waals surface area contributed by atoms with Crippen LogP contribution in [0.15, 0.2) is 16.9 Å². The van der Waals surface area contributed by atoms with Crippen LogP contribution in [0, 0.1) is 13.8 Å². The third-order valence-corrected chi connectivity index (χ3v) is 2.11. The first-order valence-corrected chi connectivity index (χ1v) is 4.45. The third-order valence-electron chi connectivity index (χ3n) is 1.73. The zero-order chi connectivity index (χ0) is 8.72. The molecule has 0 aliphatic carbocycles. The van der Waals surface area contributed by atoms with E-state index in [1.54, 1.807) is 0 Å². The molecule has 0 saturated heterocycles. The van der Waals surface area contributed by atoms with Gasteiger partial charge < -0.3 is 0 Å². The van der Waals surface area contributed by atoms with Crippen molar-refractivity contribution in [2.75, 3.05) is 0 Å². The number of aryl methyl sites for hydroxylation is 2. The van der Waals surface area contributed by atoms with Crippen molar-refractivity contribution in [3.05, 3.63) is 28.4 Å². The van der Waals surface area contributed by atoms with Crippen molar-refractivity contribution in [1.82, 2.24) is 14.4 Å². The Morgan fingerprint density at radius 1 is 1.33 bits per heavy atom. The molecule has 0 aromatic carbocycles. The predicted molar refractivity (Wildman–Crippen MR) is 50.2 cm³/mol. The van der Waals surface area contributed by atoms with Crippen molar-refractivity contribution in [3.63, 3.8) is 0 Å². The zero-order valence-corrected chi connectivity index (χ0v) is 8.46. The van der Waals surface area contributed by atoms with Crippen molar-refractivity contribution < 1.29 is 0 Å². The second-order valence-electron chi connectivity index (χ2n) is 2.74. The molecule has 12 heavy (non-hydrogen) atoms. The van der Waals surface area contributed by atoms with E-state index in [2.05, 4.69) is 25.9 Å². The SMILES string of the molecule is Cc1cc2nc(Br)cn2c(C)n1. The monoisotopic (exact) mass is 225 g/mol. The Hall–Kier alpha value is -0.900. The first-order valence-electron chi connectivity index (χ1n) is 3.65. The molecule has 0 saturated carbocycles. The lowest BCUT2D eigenvalue weighted by molar-refractivity contribution is 0.960. The highest BCUT2D eigenvalue weighted by Crippen LogP contribution is 2.12. The fourth-order valence-electron chi connectivity index (χ4n) is 1.25. The van der Waals surface area contributed by atoms with Crippen molar-refractivity contribution in [3.8, 4) is 0 Å². The summed E-state index contributed by atoms with van der Waals surface area (Å²) in [5.41, 5.74) is 1.94. The normalized spacial score (nSPS) is 10.9. The first-order chi connectivity index (χ1) is 5.66. The highest BCUT2D eigenvalue weighted by atomic mass is 79.9. The van der Waals surface area contributed by atoms with Gasteiger partial charge in [-0.1, -0.05) is 0 Å². The predicted octanol–water partition coefficient (Wildman–Crippen LogP) is 2.11. The molecule has 0 N–H and O–H groups in total. The molecule has 0 amide bonds. The van der Waals surface area contributed by atoms with E-state index in [0.29, 0.717) is 0 Å². The fraction of sp³-hybridized carbons (Fsp3) is 0.250. The summed E-state index contributed by atoms with van der Waals surface area (Å²) in [6.45, 7) is 3.93. The van der Waals surface area contributed by atoms with E-state index in [1.165, 1.54) is 0 Å². The molecule has 62 valence electrons. The molecule has 3 nitrogen and oxygen atoms in total. The number of hydrogen-bond acceptors (Lipinski definition) is 2. The lowest BCUT2D eigenvalue weighted by atomic mass is 10.4. The molecule has 2 heterocycles. The van der Waals surface area contributed by atoms with Gasteiger partial charge in [-0.25, -0.2) is 9.97 Å². The summed E-state index contributed by atoms with van der Waals surface area (Å²) < 4.78 is 2.80. The first kappa shape index (κ1) is 7.73. The van der Waals surface area contributed by atoms with Crippen LogP contribution in [0.5, 0.6) is 0 Å². The summed E-state index contributed by atoms with van der Waals surface area (Å²) in [7, 11) is 0. The molecule has 0 bridgehead atoms. The smallest absolute Gasteiger partial charge is 0.141 e. The Morgan fingerprint density at radius 3 is 2.83 bits per heavy atom. The highest BCUT2D eigenvalue weighted by molar-refractivity contribution is 9.10. The van der Waals surface area contributed by atoms with E-state index in [9.17, 15) is 0 Å². The fourth-order valence-corrected chi connectivity index (χ4v) is 1.64. The Bertz CT molecular complexity index is 433. The van der Waals surface area contributed by atoms with Crippen LogP contribution in [0.3, 0.4) is 0 Å². The van der Waals surface area contributed by atoms with Gasteiger partial charge in [0.05, 0.1) is 0 Å². The van der Waals surface area contributed by atoms with Gasteiger partial charge in [0.25, 0.3) is 0 Å². The van der Waals surface area contributed by atoms with Crippen LogP contribution in [0.2, 0.25) is 0 Å². The summed E-state index contributed by atoms with van der Waals surface area (Å²) in [5.74, 6) is 0.961. The Kier molecular flexibility index (Phi) is 1.65. The molecule has 0 aliphatic heterocycles. The topological polar surface area (TPSA) is 30.2 Å². The van der Waals surface area contributed by atoms with Gasteiger partial charge in [0.15, 0.2) is 0 Å². The number of fused-ring (bicyclic) bond motifs is 1. The summed E-state index contributed by atoms with van der Waals surface area (Å²) in [5, 5.41) is 0. The van der Waals surface area contributed by atoms with Crippen LogP contribution < -0.4 is 0 Å². The maximum Gasteiger partial charge on any atom is 0.141 e. The van der Waals surface area contributed by atoms with Gasteiger partial charge in [-0.3, -0.25) is 4.40 Å². The lowest BCUT2D eigenvalue weighted by Crippen LogP contribution is -1.95. The van der Waals surface area contributed by atoms with Gasteiger partial charge in [-0.15, -0.1) is 0 Å². The Morgan fingerprint density at radius 2 is 2.08 bits per heavy atom. The van der Waals surface area contributed by atoms with Gasteiger partial charge in [-0.05, 0) is 29.8 Å². The van der Waals surface area contributed by atoms with Gasteiger partial charge in [0, 0.05) is 18.0 Å². The van der Waals surface area contributed by atoms with Crippen molar-refractivity contribution >= 4 is 21.6 Å². The molecule has 2 aromatic heterocycles. The standard InChI is InChI=1S/C8H8BrN3/c1-5-3-8-11-7(9)4-12(8)6(2)10-5/h3-4H,1-2H3. The molecule has 0 spiro atoms. The van der Waals surface area contributed by atoms with Crippen LogP contribution >= 0.6 is 15.9 Å². The highest BCUT2D eigenvalue weighted by Gasteiger charge is 2.01. The Balaban J connectivity index is 2.88. The van der Waals surface area contributed by atoms with Crippen LogP contribution in [-0.4, -0.2) is 14.4 Å². The second-order valence-corrected chi connectivity index (χ2v) is 3.55. The summed E-state index contributed by atoms with van der Waals surface area (Å²) in [4.78, 5) is 8.59. The van der Waals surface area contributed by atoms with E-state index >= 15 is 0 Å². The van der Waals surface area contributed by atoms with E-state index in [4.69, 9.17) is 0 Å². The van der Waals surface area contributed by atoms with Gasteiger partial charge >= 0.3 is 0 Å². The van der Waals surface area contributed by atoms with Crippen molar-refractivity contribution in [1.29, 1.82) is 0 Å². The largest absolute Gasteiger partial charge is 0.287 e. The van der Waals surface area contributed by atoms with Gasteiger partial charge in [0.2, 0.25) is 0 Å². The Labute approximate surface area is 78.6 Å². The van der Waals surface area contributed by atoms with Crippen molar-refractivity contribution in [2.24, 2.45) is 0 Å². The van der Waals surface area contributed by atoms with E-state index in [-0.39, 0.29) is 0 Å².